The maximum Gasteiger partial charge on any atom is 0.191 e. The summed E-state index contributed by atoms with van der Waals surface area (Å²) in [4.78, 5) is 9.80. The van der Waals surface area contributed by atoms with E-state index in [0.717, 1.165) is 32.0 Å². The van der Waals surface area contributed by atoms with Crippen molar-refractivity contribution in [3.8, 4) is 0 Å². The lowest BCUT2D eigenvalue weighted by Gasteiger charge is -2.32. The van der Waals surface area contributed by atoms with Crippen LogP contribution >= 0.6 is 0 Å². The van der Waals surface area contributed by atoms with E-state index in [1.54, 1.807) is 0 Å². The van der Waals surface area contributed by atoms with Crippen LogP contribution in [0.25, 0.3) is 0 Å². The molecule has 2 N–H and O–H groups in total. The van der Waals surface area contributed by atoms with Gasteiger partial charge in [-0.3, -0.25) is 4.68 Å². The van der Waals surface area contributed by atoms with E-state index < -0.39 is 0 Å². The summed E-state index contributed by atoms with van der Waals surface area (Å²) in [5.41, 5.74) is 2.49. The van der Waals surface area contributed by atoms with Gasteiger partial charge in [0.25, 0.3) is 0 Å². The number of hydrogen-bond donors (Lipinski definition) is 2. The Morgan fingerprint density at radius 2 is 1.83 bits per heavy atom. The molecule has 1 aliphatic heterocycles. The Labute approximate surface area is 181 Å². The fourth-order valence-electron chi connectivity index (χ4n) is 3.68. The molecular formula is C23H37N7. The third-order valence-electron chi connectivity index (χ3n) is 5.55. The molecule has 3 rings (SSSR count). The molecule has 0 aliphatic carbocycles. The van der Waals surface area contributed by atoms with Crippen LogP contribution in [0.5, 0.6) is 0 Å². The number of piperazine rings is 1. The number of unbranched alkanes of at least 4 members (excludes halogenated alkanes) is 1. The van der Waals surface area contributed by atoms with E-state index in [9.17, 15) is 0 Å². The molecule has 164 valence electrons. The molecule has 30 heavy (non-hydrogen) atoms. The smallest absolute Gasteiger partial charge is 0.191 e. The molecule has 1 fully saturated rings. The van der Waals surface area contributed by atoms with Crippen LogP contribution in [0.15, 0.2) is 47.7 Å². The van der Waals surface area contributed by atoms with E-state index in [1.165, 1.54) is 50.3 Å². The van der Waals surface area contributed by atoms with Gasteiger partial charge in [-0.15, -0.1) is 0 Å². The second-order valence-corrected chi connectivity index (χ2v) is 7.95. The summed E-state index contributed by atoms with van der Waals surface area (Å²) in [6.45, 7) is 11.3. The minimum absolute atomic E-state index is 0.661. The third kappa shape index (κ3) is 7.46. The molecule has 1 saturated heterocycles. The summed E-state index contributed by atoms with van der Waals surface area (Å²) >= 11 is 0. The van der Waals surface area contributed by atoms with Gasteiger partial charge >= 0.3 is 0 Å². The maximum absolute atomic E-state index is 4.82. The van der Waals surface area contributed by atoms with Crippen LogP contribution in [-0.2, 0) is 13.1 Å². The monoisotopic (exact) mass is 411 g/mol. The number of hydrogen-bond acceptors (Lipinski definition) is 4. The van der Waals surface area contributed by atoms with Crippen LogP contribution in [0.3, 0.4) is 0 Å². The first-order valence-electron chi connectivity index (χ1n) is 11.2. The topological polar surface area (TPSA) is 60.7 Å². The molecule has 2 heterocycles. The van der Waals surface area contributed by atoms with Gasteiger partial charge in [0.1, 0.15) is 0 Å². The van der Waals surface area contributed by atoms with Crippen molar-refractivity contribution in [1.29, 1.82) is 0 Å². The number of guanidine groups is 1. The molecule has 0 bridgehead atoms. The van der Waals surface area contributed by atoms with Gasteiger partial charge in [-0.2, -0.15) is 5.10 Å². The SMILES string of the molecule is CCNC(=NCc1ccccc1Cn1cccn1)NCCCCN1CCN(C)CC1. The Hall–Kier alpha value is -2.38. The predicted molar refractivity (Wildman–Crippen MR) is 124 cm³/mol. The Balaban J connectivity index is 1.44. The van der Waals surface area contributed by atoms with Crippen molar-refractivity contribution in [2.75, 3.05) is 52.9 Å². The minimum atomic E-state index is 0.661. The number of rotatable bonds is 10. The highest BCUT2D eigenvalue weighted by Gasteiger charge is 2.12. The number of likely N-dealkylation sites (N-methyl/N-ethyl adjacent to an activating group) is 1. The largest absolute Gasteiger partial charge is 0.357 e. The van der Waals surface area contributed by atoms with Gasteiger partial charge in [0.05, 0.1) is 13.1 Å². The Morgan fingerprint density at radius 1 is 1.03 bits per heavy atom. The van der Waals surface area contributed by atoms with Crippen molar-refractivity contribution < 1.29 is 0 Å². The van der Waals surface area contributed by atoms with Crippen LogP contribution in [0, 0.1) is 0 Å². The zero-order valence-electron chi connectivity index (χ0n) is 18.6. The van der Waals surface area contributed by atoms with Gasteiger partial charge in [-0.05, 0) is 50.6 Å². The predicted octanol–water partition coefficient (Wildman–Crippen LogP) is 2.01. The molecule has 1 aliphatic rings. The molecular weight excluding hydrogens is 374 g/mol. The Bertz CT molecular complexity index is 749. The molecule has 7 heteroatoms. The summed E-state index contributed by atoms with van der Waals surface area (Å²) in [7, 11) is 2.21. The van der Waals surface area contributed by atoms with E-state index in [2.05, 4.69) is 63.8 Å². The van der Waals surface area contributed by atoms with Gasteiger partial charge in [0, 0.05) is 51.7 Å². The quantitative estimate of drug-likeness (QED) is 0.356. The van der Waals surface area contributed by atoms with Crippen molar-refractivity contribution in [1.82, 2.24) is 30.2 Å². The fourth-order valence-corrected chi connectivity index (χ4v) is 3.68. The Morgan fingerprint density at radius 3 is 2.57 bits per heavy atom. The van der Waals surface area contributed by atoms with Gasteiger partial charge in [0.2, 0.25) is 0 Å². The second-order valence-electron chi connectivity index (χ2n) is 7.95. The lowest BCUT2D eigenvalue weighted by Crippen LogP contribution is -2.44. The first kappa shape index (κ1) is 22.3. The average molecular weight is 412 g/mol. The Kier molecular flexibility index (Phi) is 9.18. The fraction of sp³-hybridized carbons (Fsp3) is 0.565. The van der Waals surface area contributed by atoms with E-state index in [1.807, 2.05) is 23.1 Å². The normalized spacial score (nSPS) is 16.0. The number of aliphatic imine (C=N–C) groups is 1. The van der Waals surface area contributed by atoms with Crippen LogP contribution in [0.4, 0.5) is 0 Å². The zero-order valence-corrected chi connectivity index (χ0v) is 18.6. The number of aromatic nitrogens is 2. The van der Waals surface area contributed by atoms with Gasteiger partial charge < -0.3 is 20.4 Å². The van der Waals surface area contributed by atoms with Crippen molar-refractivity contribution >= 4 is 5.96 Å². The van der Waals surface area contributed by atoms with Crippen LogP contribution in [0.2, 0.25) is 0 Å². The van der Waals surface area contributed by atoms with E-state index in [4.69, 9.17) is 4.99 Å². The second kappa shape index (κ2) is 12.3. The summed E-state index contributed by atoms with van der Waals surface area (Å²) in [5.74, 6) is 0.894. The first-order chi connectivity index (χ1) is 14.7. The summed E-state index contributed by atoms with van der Waals surface area (Å²) in [5, 5.41) is 11.2. The average Bonchev–Trinajstić information content (AvgIpc) is 3.27. The van der Waals surface area contributed by atoms with Crippen molar-refractivity contribution in [3.05, 3.63) is 53.9 Å². The summed E-state index contributed by atoms with van der Waals surface area (Å²) in [6, 6.07) is 10.4. The lowest BCUT2D eigenvalue weighted by atomic mass is 10.1. The van der Waals surface area contributed by atoms with Gasteiger partial charge in [-0.1, -0.05) is 24.3 Å². The number of nitrogens with zero attached hydrogens (tertiary/aromatic N) is 5. The number of benzene rings is 1. The van der Waals surface area contributed by atoms with Crippen LogP contribution < -0.4 is 10.6 Å². The third-order valence-corrected chi connectivity index (χ3v) is 5.55. The summed E-state index contributed by atoms with van der Waals surface area (Å²) < 4.78 is 1.95. The molecule has 1 aromatic heterocycles. The van der Waals surface area contributed by atoms with E-state index >= 15 is 0 Å². The maximum atomic E-state index is 4.82. The molecule has 2 aromatic rings. The highest BCUT2D eigenvalue weighted by Crippen LogP contribution is 2.11. The van der Waals surface area contributed by atoms with Crippen LogP contribution in [-0.4, -0.2) is 78.4 Å². The highest BCUT2D eigenvalue weighted by atomic mass is 15.3. The van der Waals surface area contributed by atoms with Crippen molar-refractivity contribution in [2.45, 2.75) is 32.9 Å². The molecule has 0 radical (unpaired) electrons. The molecule has 0 spiro atoms. The summed E-state index contributed by atoms with van der Waals surface area (Å²) in [6.07, 6.45) is 6.20. The van der Waals surface area contributed by atoms with Gasteiger partial charge in [0.15, 0.2) is 5.96 Å². The van der Waals surface area contributed by atoms with Crippen molar-refractivity contribution in [2.24, 2.45) is 4.99 Å². The molecule has 1 aromatic carbocycles. The molecule has 0 unspecified atom stereocenters. The highest BCUT2D eigenvalue weighted by molar-refractivity contribution is 5.79. The lowest BCUT2D eigenvalue weighted by molar-refractivity contribution is 0.152. The standard InChI is InChI=1S/C23H37N7/c1-3-24-23(25-11-6-7-13-29-17-15-28(2)16-18-29)26-19-21-9-4-5-10-22(21)20-30-14-8-12-27-30/h4-5,8-10,12,14H,3,6-7,11,13,15-20H2,1-2H3,(H2,24,25,26). The molecule has 0 saturated carbocycles. The molecule has 7 nitrogen and oxygen atoms in total. The first-order valence-corrected chi connectivity index (χ1v) is 11.2. The van der Waals surface area contributed by atoms with Crippen molar-refractivity contribution in [3.63, 3.8) is 0 Å². The van der Waals surface area contributed by atoms with E-state index in [-0.39, 0.29) is 0 Å². The molecule has 0 amide bonds. The van der Waals surface area contributed by atoms with Crippen LogP contribution in [0.1, 0.15) is 30.9 Å². The minimum Gasteiger partial charge on any atom is -0.357 e. The number of nitrogens with one attached hydrogen (secondary N) is 2. The zero-order chi connectivity index (χ0) is 21.0. The van der Waals surface area contributed by atoms with Gasteiger partial charge in [-0.25, -0.2) is 4.99 Å². The molecule has 0 atom stereocenters. The van der Waals surface area contributed by atoms with E-state index in [0.29, 0.717) is 6.54 Å².